The topological polar surface area (TPSA) is 58.6 Å². The molecule has 1 fully saturated rings. The van der Waals surface area contributed by atoms with E-state index in [1.54, 1.807) is 12.4 Å². The lowest BCUT2D eigenvalue weighted by Crippen LogP contribution is -2.36. The number of hydrogen-bond acceptors (Lipinski definition) is 5. The molecule has 2 atom stereocenters. The van der Waals surface area contributed by atoms with Crippen LogP contribution in [0.1, 0.15) is 25.7 Å². The van der Waals surface area contributed by atoms with E-state index >= 15 is 0 Å². The van der Waals surface area contributed by atoms with Gasteiger partial charge in [0.05, 0.1) is 18.9 Å². The van der Waals surface area contributed by atoms with Gasteiger partial charge in [0.15, 0.2) is 5.82 Å². The van der Waals surface area contributed by atoms with Crippen LogP contribution in [-0.4, -0.2) is 54.1 Å². The Kier molecular flexibility index (Phi) is 4.79. The van der Waals surface area contributed by atoms with Gasteiger partial charge in [-0.3, -0.25) is 9.78 Å². The zero-order chi connectivity index (χ0) is 16.2. The van der Waals surface area contributed by atoms with E-state index in [1.165, 1.54) is 0 Å². The maximum Gasteiger partial charge on any atom is 0.234 e. The third kappa shape index (κ3) is 3.81. The van der Waals surface area contributed by atoms with Crippen molar-refractivity contribution in [1.82, 2.24) is 14.9 Å². The van der Waals surface area contributed by atoms with Crippen LogP contribution in [0, 0.1) is 5.92 Å². The minimum absolute atomic E-state index is 0.00444. The Morgan fingerprint density at radius 3 is 2.91 bits per heavy atom. The van der Waals surface area contributed by atoms with Crippen LogP contribution in [-0.2, 0) is 4.79 Å². The molecule has 6 nitrogen and oxygen atoms in total. The first-order valence-electron chi connectivity index (χ1n) is 8.23. The lowest BCUT2D eigenvalue weighted by atomic mass is 9.93. The summed E-state index contributed by atoms with van der Waals surface area (Å²) in [6.07, 6.45) is 11.3. The monoisotopic (exact) mass is 316 g/mol. The highest BCUT2D eigenvalue weighted by atomic mass is 16.5. The number of allylic oxidation sites excluding steroid dienone is 2. The third-order valence-corrected chi connectivity index (χ3v) is 4.42. The van der Waals surface area contributed by atoms with E-state index in [4.69, 9.17) is 4.74 Å². The first-order valence-corrected chi connectivity index (χ1v) is 8.23. The number of aromatic nitrogens is 2. The highest BCUT2D eigenvalue weighted by molar-refractivity contribution is 5.79. The molecule has 124 valence electrons. The molecular formula is C17H24N4O2. The van der Waals surface area contributed by atoms with E-state index in [1.807, 2.05) is 23.9 Å². The highest BCUT2D eigenvalue weighted by Gasteiger charge is 2.31. The molecule has 0 N–H and O–H groups in total. The smallest absolute Gasteiger partial charge is 0.234 e. The summed E-state index contributed by atoms with van der Waals surface area (Å²) >= 11 is 0. The van der Waals surface area contributed by atoms with Crippen molar-refractivity contribution in [2.45, 2.75) is 31.8 Å². The first kappa shape index (κ1) is 15.8. The average Bonchev–Trinajstić information content (AvgIpc) is 3.03. The molecule has 0 radical (unpaired) electrons. The Labute approximate surface area is 137 Å². The van der Waals surface area contributed by atoms with Gasteiger partial charge < -0.3 is 14.5 Å². The Balaban J connectivity index is 1.56. The number of anilines is 1. The van der Waals surface area contributed by atoms with E-state index in [0.717, 1.165) is 38.0 Å². The molecule has 2 heterocycles. The fourth-order valence-corrected chi connectivity index (χ4v) is 3.08. The fourth-order valence-electron chi connectivity index (χ4n) is 3.08. The summed E-state index contributed by atoms with van der Waals surface area (Å²) in [5.41, 5.74) is 0. The largest absolute Gasteiger partial charge is 0.471 e. The molecule has 3 rings (SSSR count). The number of amides is 1. The molecular weight excluding hydrogens is 292 g/mol. The summed E-state index contributed by atoms with van der Waals surface area (Å²) in [6.45, 7) is 1.41. The molecule has 1 amide bonds. The van der Waals surface area contributed by atoms with Crippen molar-refractivity contribution < 1.29 is 9.53 Å². The van der Waals surface area contributed by atoms with Crippen LogP contribution in [0.5, 0.6) is 5.88 Å². The van der Waals surface area contributed by atoms with Crippen molar-refractivity contribution in [3.05, 3.63) is 24.5 Å². The van der Waals surface area contributed by atoms with Crippen molar-refractivity contribution in [1.29, 1.82) is 0 Å². The second-order valence-corrected chi connectivity index (χ2v) is 6.40. The molecule has 1 saturated heterocycles. The van der Waals surface area contributed by atoms with Crippen molar-refractivity contribution in [3.63, 3.8) is 0 Å². The second-order valence-electron chi connectivity index (χ2n) is 6.40. The van der Waals surface area contributed by atoms with E-state index in [-0.39, 0.29) is 17.9 Å². The minimum Gasteiger partial charge on any atom is -0.471 e. The molecule has 0 saturated carbocycles. The van der Waals surface area contributed by atoms with Crippen LogP contribution in [0.4, 0.5) is 5.82 Å². The summed E-state index contributed by atoms with van der Waals surface area (Å²) in [4.78, 5) is 25.0. The van der Waals surface area contributed by atoms with E-state index in [0.29, 0.717) is 12.4 Å². The van der Waals surface area contributed by atoms with Crippen molar-refractivity contribution in [3.8, 4) is 5.88 Å². The lowest BCUT2D eigenvalue weighted by molar-refractivity contribution is -0.135. The number of nitrogens with zero attached hydrogens (tertiary/aromatic N) is 4. The normalized spacial score (nSPS) is 23.8. The Bertz CT molecular complexity index is 588. The Morgan fingerprint density at radius 1 is 1.30 bits per heavy atom. The van der Waals surface area contributed by atoms with Gasteiger partial charge in [0.1, 0.15) is 6.10 Å². The van der Waals surface area contributed by atoms with Gasteiger partial charge in [0.25, 0.3) is 0 Å². The predicted molar refractivity (Wildman–Crippen MR) is 88.5 cm³/mol. The zero-order valence-corrected chi connectivity index (χ0v) is 13.8. The lowest BCUT2D eigenvalue weighted by Gasteiger charge is -2.24. The van der Waals surface area contributed by atoms with Gasteiger partial charge in [0, 0.05) is 33.0 Å². The van der Waals surface area contributed by atoms with E-state index < -0.39 is 0 Å². The standard InChI is InChI=1S/C17H24N4O2/c1-20(2)15-10-18-11-16(19-15)23-14-8-9-21(12-14)17(22)13-6-4-3-5-7-13/h3-4,10-11,13-14H,5-9,12H2,1-2H3/t13-,14+/m0/s1. The first-order chi connectivity index (χ1) is 11.1. The summed E-state index contributed by atoms with van der Waals surface area (Å²) in [5.74, 6) is 1.71. The molecule has 2 aliphatic rings. The molecule has 0 spiro atoms. The molecule has 6 heteroatoms. The van der Waals surface area contributed by atoms with Crippen LogP contribution in [0.2, 0.25) is 0 Å². The highest BCUT2D eigenvalue weighted by Crippen LogP contribution is 2.24. The van der Waals surface area contributed by atoms with Crippen molar-refractivity contribution >= 4 is 11.7 Å². The quantitative estimate of drug-likeness (QED) is 0.794. The number of ether oxygens (including phenoxy) is 1. The Morgan fingerprint density at radius 2 is 2.17 bits per heavy atom. The second kappa shape index (κ2) is 6.98. The molecule has 23 heavy (non-hydrogen) atoms. The third-order valence-electron chi connectivity index (χ3n) is 4.42. The SMILES string of the molecule is CN(C)c1cncc(O[C@@H]2CCN(C(=O)[C@H]3CC=CCC3)C2)n1. The number of rotatable bonds is 4. The molecule has 0 unspecified atom stereocenters. The summed E-state index contributed by atoms with van der Waals surface area (Å²) in [6, 6.07) is 0. The number of carbonyl (C=O) groups excluding carboxylic acids is 1. The number of hydrogen-bond donors (Lipinski definition) is 0. The maximum absolute atomic E-state index is 12.5. The number of likely N-dealkylation sites (tertiary alicyclic amines) is 1. The van der Waals surface area contributed by atoms with E-state index in [2.05, 4.69) is 22.1 Å². The molecule has 0 bridgehead atoms. The van der Waals surface area contributed by atoms with Gasteiger partial charge in [-0.15, -0.1) is 0 Å². The molecule has 1 aliphatic carbocycles. The van der Waals surface area contributed by atoms with Gasteiger partial charge in [-0.2, -0.15) is 4.98 Å². The molecule has 1 aromatic rings. The van der Waals surface area contributed by atoms with E-state index in [9.17, 15) is 4.79 Å². The zero-order valence-electron chi connectivity index (χ0n) is 13.8. The fraction of sp³-hybridized carbons (Fsp3) is 0.588. The predicted octanol–water partition coefficient (Wildman–Crippen LogP) is 1.88. The van der Waals surface area contributed by atoms with Crippen LogP contribution in [0.25, 0.3) is 0 Å². The van der Waals surface area contributed by atoms with Crippen LogP contribution >= 0.6 is 0 Å². The summed E-state index contributed by atoms with van der Waals surface area (Å²) < 4.78 is 5.93. The van der Waals surface area contributed by atoms with Gasteiger partial charge in [-0.1, -0.05) is 12.2 Å². The Hall–Kier alpha value is -2.11. The van der Waals surface area contributed by atoms with Gasteiger partial charge >= 0.3 is 0 Å². The minimum atomic E-state index is 0.00444. The molecule has 0 aromatic carbocycles. The van der Waals surface area contributed by atoms with Gasteiger partial charge in [-0.05, 0) is 19.3 Å². The number of carbonyl (C=O) groups is 1. The summed E-state index contributed by atoms with van der Waals surface area (Å²) in [7, 11) is 3.84. The van der Waals surface area contributed by atoms with Crippen molar-refractivity contribution in [2.75, 3.05) is 32.1 Å². The molecule has 1 aliphatic heterocycles. The average molecular weight is 316 g/mol. The maximum atomic E-state index is 12.5. The van der Waals surface area contributed by atoms with Crippen LogP contribution in [0.3, 0.4) is 0 Å². The van der Waals surface area contributed by atoms with Crippen molar-refractivity contribution in [2.24, 2.45) is 5.92 Å². The van der Waals surface area contributed by atoms with Crippen LogP contribution in [0.15, 0.2) is 24.5 Å². The van der Waals surface area contributed by atoms with Gasteiger partial charge in [-0.25, -0.2) is 0 Å². The summed E-state index contributed by atoms with van der Waals surface area (Å²) in [5, 5.41) is 0. The van der Waals surface area contributed by atoms with Crippen LogP contribution < -0.4 is 9.64 Å². The van der Waals surface area contributed by atoms with Gasteiger partial charge in [0.2, 0.25) is 11.8 Å². The molecule has 1 aromatic heterocycles.